The molecule has 0 saturated heterocycles. The summed E-state index contributed by atoms with van der Waals surface area (Å²) in [6, 6.07) is 86.5. The van der Waals surface area contributed by atoms with E-state index in [2.05, 4.69) is 250 Å². The summed E-state index contributed by atoms with van der Waals surface area (Å²) in [7, 11) is 0. The molecule has 0 radical (unpaired) electrons. The van der Waals surface area contributed by atoms with Gasteiger partial charge in [-0.3, -0.25) is 0 Å². The lowest BCUT2D eigenvalue weighted by Crippen LogP contribution is -1.97. The lowest BCUT2D eigenvalue weighted by atomic mass is 9.93. The van der Waals surface area contributed by atoms with Gasteiger partial charge in [-0.15, -0.1) is 0 Å². The number of benzene rings is 10. The van der Waals surface area contributed by atoms with Crippen molar-refractivity contribution >= 4 is 65.4 Å². The third-order valence-electron chi connectivity index (χ3n) is 13.0. The van der Waals surface area contributed by atoms with E-state index in [0.717, 1.165) is 17.1 Å². The molecule has 0 N–H and O–H groups in total. The van der Waals surface area contributed by atoms with Gasteiger partial charge in [0.15, 0.2) is 0 Å². The van der Waals surface area contributed by atoms with Crippen molar-refractivity contribution in [2.24, 2.45) is 0 Å². The zero-order chi connectivity index (χ0) is 41.4. The van der Waals surface area contributed by atoms with Crippen LogP contribution in [-0.2, 0) is 0 Å². The molecule has 10 aromatic carbocycles. The highest BCUT2D eigenvalue weighted by molar-refractivity contribution is 6.27. The average molecular weight is 802 g/mol. The van der Waals surface area contributed by atoms with Crippen molar-refractivity contribution in [3.8, 4) is 50.4 Å². The maximum absolute atomic E-state index is 2.48. The first-order valence-corrected chi connectivity index (χ1v) is 21.7. The van der Waals surface area contributed by atoms with Crippen molar-refractivity contribution in [1.82, 2.24) is 13.7 Å². The van der Waals surface area contributed by atoms with Gasteiger partial charge in [-0.2, -0.15) is 0 Å². The first-order valence-electron chi connectivity index (χ1n) is 21.7. The summed E-state index contributed by atoms with van der Waals surface area (Å²) in [4.78, 5) is 0. The highest BCUT2D eigenvalue weighted by Crippen LogP contribution is 2.47. The molecule has 3 aromatic heterocycles. The Morgan fingerprint density at radius 3 is 1.40 bits per heavy atom. The molecule has 0 saturated carbocycles. The van der Waals surface area contributed by atoms with Crippen LogP contribution in [0.4, 0.5) is 0 Å². The monoisotopic (exact) mass is 801 g/mol. The molecule has 0 aliphatic carbocycles. The van der Waals surface area contributed by atoms with E-state index in [4.69, 9.17) is 0 Å². The summed E-state index contributed by atoms with van der Waals surface area (Å²) >= 11 is 0. The Kier molecular flexibility index (Phi) is 7.91. The van der Waals surface area contributed by atoms with Crippen LogP contribution in [0, 0.1) is 0 Å². The molecule has 3 nitrogen and oxygen atoms in total. The van der Waals surface area contributed by atoms with Gasteiger partial charge in [-0.25, -0.2) is 0 Å². The van der Waals surface area contributed by atoms with Gasteiger partial charge in [0.2, 0.25) is 0 Å². The minimum atomic E-state index is 1.14. The van der Waals surface area contributed by atoms with E-state index < -0.39 is 0 Å². The average Bonchev–Trinajstić information content (AvgIpc) is 3.99. The lowest BCUT2D eigenvalue weighted by molar-refractivity contribution is 1.17. The minimum absolute atomic E-state index is 1.14. The van der Waals surface area contributed by atoms with Crippen LogP contribution in [0.3, 0.4) is 0 Å². The fourth-order valence-electron chi connectivity index (χ4n) is 10.3. The first kappa shape index (κ1) is 35.4. The molecule has 294 valence electrons. The van der Waals surface area contributed by atoms with Gasteiger partial charge in [0.25, 0.3) is 0 Å². The molecule has 0 fully saturated rings. The lowest BCUT2D eigenvalue weighted by Gasteiger charge is -2.15. The van der Waals surface area contributed by atoms with Crippen molar-refractivity contribution in [2.45, 2.75) is 0 Å². The normalized spacial score (nSPS) is 11.8. The molecule has 13 aromatic rings. The molecule has 0 spiro atoms. The number of rotatable bonds is 6. The second kappa shape index (κ2) is 14.1. The van der Waals surface area contributed by atoms with Gasteiger partial charge in [0.1, 0.15) is 0 Å². The van der Waals surface area contributed by atoms with E-state index >= 15 is 0 Å². The summed E-state index contributed by atoms with van der Waals surface area (Å²) in [6.45, 7) is 0. The third kappa shape index (κ3) is 5.46. The van der Waals surface area contributed by atoms with Gasteiger partial charge in [-0.1, -0.05) is 158 Å². The van der Waals surface area contributed by atoms with Crippen molar-refractivity contribution in [3.05, 3.63) is 237 Å². The van der Waals surface area contributed by atoms with Crippen LogP contribution in [0.5, 0.6) is 0 Å². The molecule has 0 amide bonds. The Balaban J connectivity index is 1.08. The standard InChI is InChI=1S/C60H39N3/c1-4-18-40(19-5-1)42-21-17-27-47(37-42)62-53-31-13-10-28-48(53)51-38-43(34-35-56(51)62)41-20-16-22-44(36-41)58-59-50-30-12-15-33-55(50)61(45-23-6-2-7-24-45)57(59)39-52-49-29-11-14-32-54(49)63(60(52)58)46-25-8-3-9-26-46/h1-39H. The van der Waals surface area contributed by atoms with E-state index in [1.807, 2.05) is 0 Å². The number of aromatic nitrogens is 3. The van der Waals surface area contributed by atoms with Crippen LogP contribution in [0.1, 0.15) is 0 Å². The number of hydrogen-bond acceptors (Lipinski definition) is 0. The van der Waals surface area contributed by atoms with Crippen molar-refractivity contribution < 1.29 is 0 Å². The molecule has 63 heavy (non-hydrogen) atoms. The summed E-state index contributed by atoms with van der Waals surface area (Å²) < 4.78 is 7.35. The molecule has 0 bridgehead atoms. The highest BCUT2D eigenvalue weighted by Gasteiger charge is 2.24. The van der Waals surface area contributed by atoms with Gasteiger partial charge in [0, 0.05) is 54.9 Å². The Bertz CT molecular complexity index is 3880. The van der Waals surface area contributed by atoms with E-state index in [1.54, 1.807) is 0 Å². The maximum atomic E-state index is 2.48. The van der Waals surface area contributed by atoms with Gasteiger partial charge in [-0.05, 0) is 107 Å². The summed E-state index contributed by atoms with van der Waals surface area (Å²) in [5, 5.41) is 7.41. The first-order chi connectivity index (χ1) is 31.3. The zero-order valence-corrected chi connectivity index (χ0v) is 34.4. The van der Waals surface area contributed by atoms with Gasteiger partial charge < -0.3 is 13.7 Å². The number of nitrogens with zero attached hydrogens (tertiary/aromatic N) is 3. The summed E-state index contributed by atoms with van der Waals surface area (Å²) in [5.41, 5.74) is 17.8. The second-order valence-electron chi connectivity index (χ2n) is 16.5. The predicted molar refractivity (Wildman–Crippen MR) is 266 cm³/mol. The van der Waals surface area contributed by atoms with Crippen molar-refractivity contribution in [3.63, 3.8) is 0 Å². The zero-order valence-electron chi connectivity index (χ0n) is 34.4. The Morgan fingerprint density at radius 2 is 0.683 bits per heavy atom. The van der Waals surface area contributed by atoms with Gasteiger partial charge >= 0.3 is 0 Å². The van der Waals surface area contributed by atoms with Crippen LogP contribution < -0.4 is 0 Å². The third-order valence-corrected chi connectivity index (χ3v) is 13.0. The van der Waals surface area contributed by atoms with Crippen molar-refractivity contribution in [2.75, 3.05) is 0 Å². The van der Waals surface area contributed by atoms with Crippen LogP contribution in [-0.4, -0.2) is 13.7 Å². The number of para-hydroxylation sites is 5. The number of fused-ring (bicyclic) bond motifs is 9. The molecule has 0 atom stereocenters. The molecule has 13 rings (SSSR count). The largest absolute Gasteiger partial charge is 0.309 e. The van der Waals surface area contributed by atoms with E-state index in [9.17, 15) is 0 Å². The molecule has 0 unspecified atom stereocenters. The van der Waals surface area contributed by atoms with Crippen molar-refractivity contribution in [1.29, 1.82) is 0 Å². The summed E-state index contributed by atoms with van der Waals surface area (Å²) in [5.74, 6) is 0. The van der Waals surface area contributed by atoms with Gasteiger partial charge in [0.05, 0.1) is 33.1 Å². The highest BCUT2D eigenvalue weighted by atomic mass is 15.0. The Hall–Kier alpha value is -8.40. The minimum Gasteiger partial charge on any atom is -0.309 e. The topological polar surface area (TPSA) is 14.8 Å². The fraction of sp³-hybridized carbons (Fsp3) is 0. The number of hydrogen-bond donors (Lipinski definition) is 0. The fourth-order valence-corrected chi connectivity index (χ4v) is 10.3. The maximum Gasteiger partial charge on any atom is 0.0627 e. The van der Waals surface area contributed by atoms with Crippen LogP contribution in [0.25, 0.3) is 116 Å². The van der Waals surface area contributed by atoms with Crippen LogP contribution >= 0.6 is 0 Å². The van der Waals surface area contributed by atoms with E-state index in [-0.39, 0.29) is 0 Å². The van der Waals surface area contributed by atoms with Crippen LogP contribution in [0.15, 0.2) is 237 Å². The second-order valence-corrected chi connectivity index (χ2v) is 16.5. The molecule has 3 heterocycles. The van der Waals surface area contributed by atoms with Crippen LogP contribution in [0.2, 0.25) is 0 Å². The Morgan fingerprint density at radius 1 is 0.222 bits per heavy atom. The Labute approximate surface area is 364 Å². The molecule has 0 aliphatic rings. The predicted octanol–water partition coefficient (Wildman–Crippen LogP) is 16.0. The molecule has 0 aliphatic heterocycles. The molecular formula is C60H39N3. The molecular weight excluding hydrogens is 763 g/mol. The molecule has 3 heteroatoms. The summed E-state index contributed by atoms with van der Waals surface area (Å²) in [6.07, 6.45) is 0. The quantitative estimate of drug-likeness (QED) is 0.159. The smallest absolute Gasteiger partial charge is 0.0627 e. The SMILES string of the molecule is c1ccc(-c2cccc(-n3c4ccccc4c4cc(-c5cccc(-c6c7c8ccccc8n(-c8ccccc8)c7cc7c8ccccc8n(-c8ccccc8)c67)c5)ccc43)c2)cc1. The van der Waals surface area contributed by atoms with E-state index in [1.165, 1.54) is 98.8 Å². The van der Waals surface area contributed by atoms with E-state index in [0.29, 0.717) is 0 Å².